The maximum absolute atomic E-state index is 5.98. The molecule has 0 aromatic heterocycles. The van der Waals surface area contributed by atoms with Gasteiger partial charge in [0, 0.05) is 26.3 Å². The van der Waals surface area contributed by atoms with E-state index in [1.54, 1.807) is 7.11 Å². The lowest BCUT2D eigenvalue weighted by Gasteiger charge is -2.16. The smallest absolute Gasteiger partial charge is 0.188 e. The van der Waals surface area contributed by atoms with Crippen molar-refractivity contribution in [3.05, 3.63) is 0 Å². The quantitative estimate of drug-likeness (QED) is 0.479. The molecule has 0 aliphatic heterocycles. The van der Waals surface area contributed by atoms with E-state index < -0.39 is 0 Å². The van der Waals surface area contributed by atoms with E-state index in [4.69, 9.17) is 10.5 Å². The van der Waals surface area contributed by atoms with E-state index in [1.165, 1.54) is 25.7 Å². The summed E-state index contributed by atoms with van der Waals surface area (Å²) < 4.78 is 5.16. The van der Waals surface area contributed by atoms with E-state index in [2.05, 4.69) is 31.1 Å². The Morgan fingerprint density at radius 1 is 1.30 bits per heavy atom. The topological polar surface area (TPSA) is 59.6 Å². The van der Waals surface area contributed by atoms with Gasteiger partial charge in [-0.2, -0.15) is 0 Å². The fourth-order valence-corrected chi connectivity index (χ4v) is 2.44. The van der Waals surface area contributed by atoms with Crippen LogP contribution in [0.4, 0.5) is 0 Å². The lowest BCUT2D eigenvalue weighted by molar-refractivity contribution is 0.174. The molecule has 1 rings (SSSR count). The highest BCUT2D eigenvalue weighted by atomic mass is 16.5. The van der Waals surface area contributed by atoms with Gasteiger partial charge in [-0.25, -0.2) is 0 Å². The molecule has 3 N–H and O–H groups in total. The van der Waals surface area contributed by atoms with Gasteiger partial charge < -0.3 is 15.8 Å². The first-order valence-electron chi connectivity index (χ1n) is 8.03. The van der Waals surface area contributed by atoms with Crippen LogP contribution in [-0.2, 0) is 4.74 Å². The third-order valence-corrected chi connectivity index (χ3v) is 4.19. The van der Waals surface area contributed by atoms with Gasteiger partial charge >= 0.3 is 0 Å². The summed E-state index contributed by atoms with van der Waals surface area (Å²) in [5.41, 5.74) is 6.36. The summed E-state index contributed by atoms with van der Waals surface area (Å²) in [5, 5.41) is 3.31. The molecule has 0 spiro atoms. The molecule has 0 aromatic carbocycles. The van der Waals surface area contributed by atoms with Crippen LogP contribution in [0.3, 0.4) is 0 Å². The van der Waals surface area contributed by atoms with Crippen LogP contribution in [0.1, 0.15) is 59.3 Å². The number of guanidine groups is 1. The van der Waals surface area contributed by atoms with Crippen LogP contribution in [0.15, 0.2) is 4.99 Å². The highest BCUT2D eigenvalue weighted by molar-refractivity contribution is 5.78. The van der Waals surface area contributed by atoms with E-state index in [-0.39, 0.29) is 0 Å². The molecule has 20 heavy (non-hydrogen) atoms. The SMILES string of the molecule is COCCC1(CN=C(N)NC(C)CCCC(C)C)CC1. The molecule has 1 aliphatic rings. The van der Waals surface area contributed by atoms with Crippen molar-refractivity contribution < 1.29 is 4.74 Å². The predicted octanol–water partition coefficient (Wildman–Crippen LogP) is 2.92. The molecular weight excluding hydrogens is 250 g/mol. The summed E-state index contributed by atoms with van der Waals surface area (Å²) in [6, 6.07) is 0.409. The van der Waals surface area contributed by atoms with Gasteiger partial charge in [0.1, 0.15) is 0 Å². The molecule has 0 radical (unpaired) electrons. The number of methoxy groups -OCH3 is 1. The lowest BCUT2D eigenvalue weighted by atomic mass is 10.0. The summed E-state index contributed by atoms with van der Waals surface area (Å²) in [7, 11) is 1.76. The van der Waals surface area contributed by atoms with Crippen molar-refractivity contribution in [3.63, 3.8) is 0 Å². The van der Waals surface area contributed by atoms with E-state index in [0.717, 1.165) is 31.9 Å². The molecule has 0 amide bonds. The minimum Gasteiger partial charge on any atom is -0.385 e. The second-order valence-corrected chi connectivity index (χ2v) is 6.81. The first kappa shape index (κ1) is 17.3. The Labute approximate surface area is 124 Å². The highest BCUT2D eigenvalue weighted by Crippen LogP contribution is 2.48. The lowest BCUT2D eigenvalue weighted by Crippen LogP contribution is -2.38. The second kappa shape index (κ2) is 8.50. The van der Waals surface area contributed by atoms with Gasteiger partial charge in [-0.05, 0) is 43.9 Å². The number of aliphatic imine (C=N–C) groups is 1. The molecule has 0 saturated heterocycles. The van der Waals surface area contributed by atoms with Gasteiger partial charge in [0.15, 0.2) is 5.96 Å². The number of hydrogen-bond donors (Lipinski definition) is 2. The van der Waals surface area contributed by atoms with E-state index in [0.29, 0.717) is 17.4 Å². The number of nitrogens with two attached hydrogens (primary N) is 1. The Morgan fingerprint density at radius 3 is 2.55 bits per heavy atom. The zero-order valence-electron chi connectivity index (χ0n) is 13.7. The van der Waals surface area contributed by atoms with Crippen molar-refractivity contribution in [2.45, 2.75) is 65.3 Å². The van der Waals surface area contributed by atoms with E-state index >= 15 is 0 Å². The zero-order chi connectivity index (χ0) is 15.0. The summed E-state index contributed by atoms with van der Waals surface area (Å²) in [5.74, 6) is 1.38. The Kier molecular flexibility index (Phi) is 7.35. The molecule has 1 unspecified atom stereocenters. The van der Waals surface area contributed by atoms with Gasteiger partial charge in [0.25, 0.3) is 0 Å². The van der Waals surface area contributed by atoms with Gasteiger partial charge in [-0.1, -0.05) is 26.7 Å². The fourth-order valence-electron chi connectivity index (χ4n) is 2.44. The summed E-state index contributed by atoms with van der Waals surface area (Å²) in [6.45, 7) is 8.38. The normalized spacial score (nSPS) is 19.1. The zero-order valence-corrected chi connectivity index (χ0v) is 13.7. The first-order valence-corrected chi connectivity index (χ1v) is 8.03. The van der Waals surface area contributed by atoms with Crippen LogP contribution < -0.4 is 11.1 Å². The maximum Gasteiger partial charge on any atom is 0.188 e. The fraction of sp³-hybridized carbons (Fsp3) is 0.938. The summed E-state index contributed by atoms with van der Waals surface area (Å²) in [4.78, 5) is 4.52. The third-order valence-electron chi connectivity index (χ3n) is 4.19. The molecule has 4 nitrogen and oxygen atoms in total. The van der Waals surface area contributed by atoms with Crippen LogP contribution in [0.5, 0.6) is 0 Å². The molecule has 4 heteroatoms. The second-order valence-electron chi connectivity index (χ2n) is 6.81. The maximum atomic E-state index is 5.98. The standard InChI is InChI=1S/C16H33N3O/c1-13(2)6-5-7-14(3)19-15(17)18-12-16(8-9-16)10-11-20-4/h13-14H,5-12H2,1-4H3,(H3,17,18,19). The Hall–Kier alpha value is -0.770. The number of nitrogens with zero attached hydrogens (tertiary/aromatic N) is 1. The molecular formula is C16H33N3O. The van der Waals surface area contributed by atoms with Crippen molar-refractivity contribution >= 4 is 5.96 Å². The van der Waals surface area contributed by atoms with E-state index in [1.807, 2.05) is 0 Å². The molecule has 0 bridgehead atoms. The van der Waals surface area contributed by atoms with E-state index in [9.17, 15) is 0 Å². The van der Waals surface area contributed by atoms with Crippen molar-refractivity contribution in [3.8, 4) is 0 Å². The predicted molar refractivity (Wildman–Crippen MR) is 85.9 cm³/mol. The van der Waals surface area contributed by atoms with Gasteiger partial charge in [0.2, 0.25) is 0 Å². The molecule has 1 fully saturated rings. The average Bonchev–Trinajstić information content (AvgIpc) is 3.14. The van der Waals surface area contributed by atoms with Crippen LogP contribution in [0.25, 0.3) is 0 Å². The molecule has 0 heterocycles. The van der Waals surface area contributed by atoms with Gasteiger partial charge in [-0.15, -0.1) is 0 Å². The van der Waals surface area contributed by atoms with Crippen LogP contribution in [0, 0.1) is 11.3 Å². The first-order chi connectivity index (χ1) is 9.47. The monoisotopic (exact) mass is 283 g/mol. The van der Waals surface area contributed by atoms with Crippen molar-refractivity contribution in [2.75, 3.05) is 20.3 Å². The minimum atomic E-state index is 0.378. The third kappa shape index (κ3) is 7.13. The molecule has 1 saturated carbocycles. The number of ether oxygens (including phenoxy) is 1. The Balaban J connectivity index is 2.20. The molecule has 1 atom stereocenters. The molecule has 0 aromatic rings. The number of rotatable bonds is 10. The molecule has 1 aliphatic carbocycles. The Morgan fingerprint density at radius 2 is 2.00 bits per heavy atom. The van der Waals surface area contributed by atoms with Crippen LogP contribution >= 0.6 is 0 Å². The molecule has 118 valence electrons. The average molecular weight is 283 g/mol. The van der Waals surface area contributed by atoms with Crippen molar-refractivity contribution in [1.29, 1.82) is 0 Å². The number of nitrogens with one attached hydrogen (secondary N) is 1. The van der Waals surface area contributed by atoms with Crippen molar-refractivity contribution in [1.82, 2.24) is 5.32 Å². The Bertz CT molecular complexity index is 298. The summed E-state index contributed by atoms with van der Waals surface area (Å²) >= 11 is 0. The largest absolute Gasteiger partial charge is 0.385 e. The minimum absolute atomic E-state index is 0.378. The van der Waals surface area contributed by atoms with Crippen molar-refractivity contribution in [2.24, 2.45) is 22.1 Å². The van der Waals surface area contributed by atoms with Crippen LogP contribution in [-0.4, -0.2) is 32.3 Å². The number of hydrogen-bond acceptors (Lipinski definition) is 2. The van der Waals surface area contributed by atoms with Crippen LogP contribution in [0.2, 0.25) is 0 Å². The highest BCUT2D eigenvalue weighted by Gasteiger charge is 2.41. The van der Waals surface area contributed by atoms with Gasteiger partial charge in [0.05, 0.1) is 0 Å². The van der Waals surface area contributed by atoms with Gasteiger partial charge in [-0.3, -0.25) is 4.99 Å². The summed E-state index contributed by atoms with van der Waals surface area (Å²) in [6.07, 6.45) is 7.31.